The van der Waals surface area contributed by atoms with E-state index >= 15 is 0 Å². The normalized spacial score (nSPS) is 19.8. The number of benzene rings is 1. The number of carbonyl (C=O) groups is 3. The molecule has 2 atom stereocenters. The van der Waals surface area contributed by atoms with E-state index in [-0.39, 0.29) is 42.4 Å². The molecular weight excluding hydrogens is 365 g/mol. The van der Waals surface area contributed by atoms with Crippen LogP contribution in [0.4, 0.5) is 9.18 Å². The number of carbonyl (C=O) groups excluding carboxylic acids is 3. The number of ketones is 1. The highest BCUT2D eigenvalue weighted by atomic mass is 35.5. The fraction of sp³-hybridized carbons (Fsp3) is 0.500. The molecule has 0 aliphatic carbocycles. The number of piperidine rings is 1. The van der Waals surface area contributed by atoms with E-state index in [4.69, 9.17) is 21.1 Å². The first-order valence-electron chi connectivity index (χ1n) is 8.35. The summed E-state index contributed by atoms with van der Waals surface area (Å²) in [6, 6.07) is 3.51. The van der Waals surface area contributed by atoms with Gasteiger partial charge >= 0.3 is 12.1 Å². The van der Waals surface area contributed by atoms with Crippen LogP contribution in [0.3, 0.4) is 0 Å². The van der Waals surface area contributed by atoms with Crippen molar-refractivity contribution in [3.63, 3.8) is 0 Å². The Morgan fingerprint density at radius 3 is 2.69 bits per heavy atom. The van der Waals surface area contributed by atoms with Crippen LogP contribution in [-0.4, -0.2) is 43.0 Å². The molecule has 0 radical (unpaired) electrons. The van der Waals surface area contributed by atoms with Crippen molar-refractivity contribution in [3.05, 3.63) is 34.6 Å². The van der Waals surface area contributed by atoms with Crippen molar-refractivity contribution in [1.82, 2.24) is 4.90 Å². The molecule has 0 aromatic heterocycles. The third-order valence-corrected chi connectivity index (χ3v) is 4.65. The molecule has 1 amide bonds. The van der Waals surface area contributed by atoms with Gasteiger partial charge in [0.25, 0.3) is 0 Å². The van der Waals surface area contributed by atoms with Gasteiger partial charge in [-0.2, -0.15) is 0 Å². The highest BCUT2D eigenvalue weighted by Gasteiger charge is 2.37. The zero-order valence-electron chi connectivity index (χ0n) is 14.7. The minimum absolute atomic E-state index is 0.200. The summed E-state index contributed by atoms with van der Waals surface area (Å²) in [5, 5.41) is 0.238. The lowest BCUT2D eigenvalue weighted by molar-refractivity contribution is -0.146. The topological polar surface area (TPSA) is 72.9 Å². The van der Waals surface area contributed by atoms with E-state index in [1.54, 1.807) is 6.92 Å². The number of methoxy groups -OCH3 is 1. The fourth-order valence-electron chi connectivity index (χ4n) is 3.16. The first kappa shape index (κ1) is 20.2. The summed E-state index contributed by atoms with van der Waals surface area (Å²) in [6.07, 6.45) is -0.349. The second kappa shape index (κ2) is 8.98. The van der Waals surface area contributed by atoms with E-state index in [2.05, 4.69) is 0 Å². The largest absolute Gasteiger partial charge is 0.466 e. The number of hydrogen-bond acceptors (Lipinski definition) is 5. The summed E-state index contributed by atoms with van der Waals surface area (Å²) >= 11 is 5.80. The summed E-state index contributed by atoms with van der Waals surface area (Å²) in [7, 11) is 1.25. The van der Waals surface area contributed by atoms with Crippen molar-refractivity contribution >= 4 is 29.4 Å². The molecule has 1 heterocycles. The lowest BCUT2D eigenvalue weighted by atomic mass is 9.83. The van der Waals surface area contributed by atoms with Crippen LogP contribution in [-0.2, 0) is 19.1 Å². The molecule has 0 spiro atoms. The Hall–Kier alpha value is -2.15. The van der Waals surface area contributed by atoms with Gasteiger partial charge in [-0.25, -0.2) is 9.18 Å². The molecule has 1 aromatic rings. The third-order valence-electron chi connectivity index (χ3n) is 4.41. The van der Waals surface area contributed by atoms with Gasteiger partial charge in [0.2, 0.25) is 0 Å². The maximum Gasteiger partial charge on any atom is 0.409 e. The van der Waals surface area contributed by atoms with Crippen molar-refractivity contribution in [3.8, 4) is 0 Å². The molecule has 142 valence electrons. The van der Waals surface area contributed by atoms with Gasteiger partial charge in [-0.3, -0.25) is 9.59 Å². The van der Waals surface area contributed by atoms with Gasteiger partial charge in [0.05, 0.1) is 19.8 Å². The van der Waals surface area contributed by atoms with Crippen molar-refractivity contribution < 1.29 is 28.2 Å². The minimum Gasteiger partial charge on any atom is -0.466 e. The van der Waals surface area contributed by atoms with Gasteiger partial charge in [0.15, 0.2) is 0 Å². The Morgan fingerprint density at radius 1 is 1.35 bits per heavy atom. The van der Waals surface area contributed by atoms with Crippen LogP contribution in [0, 0.1) is 11.7 Å². The Bertz CT molecular complexity index is 696. The highest BCUT2D eigenvalue weighted by Crippen LogP contribution is 2.37. The number of esters is 1. The highest BCUT2D eigenvalue weighted by molar-refractivity contribution is 6.30. The lowest BCUT2D eigenvalue weighted by Gasteiger charge is -2.38. The number of hydrogen-bond donors (Lipinski definition) is 0. The molecule has 6 nitrogen and oxygen atoms in total. The monoisotopic (exact) mass is 385 g/mol. The minimum atomic E-state index is -0.676. The van der Waals surface area contributed by atoms with Gasteiger partial charge in [-0.15, -0.1) is 0 Å². The number of rotatable bonds is 5. The maximum absolute atomic E-state index is 14.4. The Labute approximate surface area is 156 Å². The molecule has 2 rings (SSSR count). The number of amides is 1. The second-order valence-corrected chi connectivity index (χ2v) is 6.45. The number of halogens is 2. The number of ether oxygens (including phenoxy) is 2. The first-order chi connectivity index (χ1) is 12.4. The zero-order valence-corrected chi connectivity index (χ0v) is 15.4. The summed E-state index contributed by atoms with van der Waals surface area (Å²) in [5.41, 5.74) is 0.258. The smallest absolute Gasteiger partial charge is 0.409 e. The van der Waals surface area contributed by atoms with Crippen LogP contribution in [0.1, 0.15) is 37.8 Å². The molecule has 1 aliphatic heterocycles. The van der Waals surface area contributed by atoms with Crippen LogP contribution >= 0.6 is 11.6 Å². The van der Waals surface area contributed by atoms with Crippen LogP contribution in [0.25, 0.3) is 0 Å². The van der Waals surface area contributed by atoms with Gasteiger partial charge in [-0.05, 0) is 31.9 Å². The average Bonchev–Trinajstić information content (AvgIpc) is 2.60. The third kappa shape index (κ3) is 4.72. The predicted octanol–water partition coefficient (Wildman–Crippen LogP) is 3.52. The summed E-state index contributed by atoms with van der Waals surface area (Å²) in [5.74, 6) is -1.88. The van der Waals surface area contributed by atoms with Crippen molar-refractivity contribution in [1.29, 1.82) is 0 Å². The molecule has 0 unspecified atom stereocenters. The Kier molecular flexibility index (Phi) is 6.97. The molecule has 26 heavy (non-hydrogen) atoms. The molecule has 1 fully saturated rings. The summed E-state index contributed by atoms with van der Waals surface area (Å²) in [6.45, 7) is 2.08. The molecule has 1 saturated heterocycles. The SMILES string of the molecule is CCOC(=O)CC(=O)[C@@H]1CCN(C(=O)OC)[C@H](c2ccc(Cl)cc2F)C1. The average molecular weight is 386 g/mol. The molecule has 0 N–H and O–H groups in total. The van der Waals surface area contributed by atoms with E-state index in [0.29, 0.717) is 6.42 Å². The first-order valence-corrected chi connectivity index (χ1v) is 8.73. The predicted molar refractivity (Wildman–Crippen MR) is 92.2 cm³/mol. The van der Waals surface area contributed by atoms with Gasteiger partial charge in [-0.1, -0.05) is 17.7 Å². The second-order valence-electron chi connectivity index (χ2n) is 6.01. The molecule has 8 heteroatoms. The quantitative estimate of drug-likeness (QED) is 0.572. The van der Waals surface area contributed by atoms with E-state index in [0.717, 1.165) is 6.07 Å². The van der Waals surface area contributed by atoms with Crippen molar-refractivity contribution in [2.75, 3.05) is 20.3 Å². The number of Topliss-reactive ketones (excluding diaryl/α,β-unsaturated/α-hetero) is 1. The summed E-state index contributed by atoms with van der Waals surface area (Å²) in [4.78, 5) is 37.4. The van der Waals surface area contributed by atoms with E-state index < -0.39 is 29.8 Å². The van der Waals surface area contributed by atoms with Crippen LogP contribution in [0.5, 0.6) is 0 Å². The lowest BCUT2D eigenvalue weighted by Crippen LogP contribution is -2.43. The van der Waals surface area contributed by atoms with Crippen LogP contribution < -0.4 is 0 Å². The van der Waals surface area contributed by atoms with E-state index in [1.165, 1.54) is 24.1 Å². The molecule has 1 aromatic carbocycles. The van der Waals surface area contributed by atoms with Crippen LogP contribution in [0.15, 0.2) is 18.2 Å². The number of nitrogens with zero attached hydrogens (tertiary/aromatic N) is 1. The summed E-state index contributed by atoms with van der Waals surface area (Å²) < 4.78 is 24.0. The van der Waals surface area contributed by atoms with Gasteiger partial charge in [0.1, 0.15) is 18.0 Å². The van der Waals surface area contributed by atoms with E-state index in [1.807, 2.05) is 0 Å². The molecule has 0 saturated carbocycles. The van der Waals surface area contributed by atoms with Crippen molar-refractivity contribution in [2.24, 2.45) is 5.92 Å². The fourth-order valence-corrected chi connectivity index (χ4v) is 3.32. The van der Waals surface area contributed by atoms with Gasteiger partial charge < -0.3 is 14.4 Å². The molecule has 0 bridgehead atoms. The zero-order chi connectivity index (χ0) is 19.3. The molecular formula is C18H21ClFNO5. The standard InChI is InChI=1S/C18H21ClFNO5/c1-3-26-17(23)10-16(22)11-6-7-21(18(24)25-2)15(8-11)13-5-4-12(19)9-14(13)20/h4-5,9,11,15H,3,6-8,10H2,1-2H3/t11-,15+/m1/s1. The van der Waals surface area contributed by atoms with Crippen LogP contribution in [0.2, 0.25) is 5.02 Å². The Morgan fingerprint density at radius 2 is 2.08 bits per heavy atom. The van der Waals surface area contributed by atoms with Gasteiger partial charge in [0, 0.05) is 23.0 Å². The molecule has 1 aliphatic rings. The maximum atomic E-state index is 14.4. The van der Waals surface area contributed by atoms with E-state index in [9.17, 15) is 18.8 Å². The number of likely N-dealkylation sites (tertiary alicyclic amines) is 1. The Balaban J connectivity index is 2.23. The van der Waals surface area contributed by atoms with Crippen molar-refractivity contribution in [2.45, 2.75) is 32.2 Å².